The van der Waals surface area contributed by atoms with E-state index in [1.54, 1.807) is 31.3 Å². The van der Waals surface area contributed by atoms with Crippen molar-refractivity contribution in [1.29, 1.82) is 0 Å². The summed E-state index contributed by atoms with van der Waals surface area (Å²) in [7, 11) is 0. The number of carbonyl (C=O) groups is 2. The van der Waals surface area contributed by atoms with E-state index in [2.05, 4.69) is 10.3 Å². The zero-order valence-corrected chi connectivity index (χ0v) is 10.4. The van der Waals surface area contributed by atoms with Crippen LogP contribution in [0.15, 0.2) is 30.5 Å². The summed E-state index contributed by atoms with van der Waals surface area (Å²) in [5, 5.41) is 7.79. The van der Waals surface area contributed by atoms with Gasteiger partial charge in [0.2, 0.25) is 0 Å². The molecule has 0 saturated heterocycles. The molecule has 2 aromatic rings. The molecule has 0 aliphatic rings. The van der Waals surface area contributed by atoms with E-state index in [1.807, 2.05) is 6.07 Å². The van der Waals surface area contributed by atoms with Crippen molar-refractivity contribution in [3.05, 3.63) is 36.0 Å². The number of ether oxygens (including phenoxy) is 1. The molecule has 0 aliphatic carbocycles. The zero-order chi connectivity index (χ0) is 13.7. The van der Waals surface area contributed by atoms with Crippen LogP contribution in [-0.2, 0) is 16.1 Å². The average Bonchev–Trinajstić information content (AvgIpc) is 2.87. The van der Waals surface area contributed by atoms with E-state index >= 15 is 0 Å². The van der Waals surface area contributed by atoms with Gasteiger partial charge in [0.05, 0.1) is 12.8 Å². The molecule has 1 heterocycles. The molecule has 1 aromatic heterocycles. The normalized spacial score (nSPS) is 10.2. The maximum atomic E-state index is 11.3. The van der Waals surface area contributed by atoms with Crippen molar-refractivity contribution >= 4 is 12.3 Å². The third-order valence-corrected chi connectivity index (χ3v) is 2.50. The number of aldehydes is 1. The van der Waals surface area contributed by atoms with Crippen LogP contribution >= 0.6 is 0 Å². The van der Waals surface area contributed by atoms with Gasteiger partial charge in [-0.15, -0.1) is 5.10 Å². The lowest BCUT2D eigenvalue weighted by atomic mass is 10.1. The summed E-state index contributed by atoms with van der Waals surface area (Å²) in [5.74, 6) is -0.373. The highest BCUT2D eigenvalue weighted by atomic mass is 16.5. The second kappa shape index (κ2) is 5.90. The fourth-order valence-corrected chi connectivity index (χ4v) is 1.67. The summed E-state index contributed by atoms with van der Waals surface area (Å²) in [4.78, 5) is 22.3. The van der Waals surface area contributed by atoms with Crippen molar-refractivity contribution in [1.82, 2.24) is 15.0 Å². The van der Waals surface area contributed by atoms with Crippen LogP contribution in [0.4, 0.5) is 0 Å². The predicted octanol–water partition coefficient (Wildman–Crippen LogP) is 1.32. The Morgan fingerprint density at radius 1 is 1.42 bits per heavy atom. The van der Waals surface area contributed by atoms with Crippen LogP contribution in [0.5, 0.6) is 0 Å². The van der Waals surface area contributed by atoms with Gasteiger partial charge in [-0.2, -0.15) is 0 Å². The second-order valence-electron chi connectivity index (χ2n) is 3.81. The van der Waals surface area contributed by atoms with Gasteiger partial charge in [0.1, 0.15) is 12.2 Å². The molecule has 0 amide bonds. The van der Waals surface area contributed by atoms with Gasteiger partial charge in [0.25, 0.3) is 0 Å². The molecule has 19 heavy (non-hydrogen) atoms. The number of carbonyl (C=O) groups excluding carboxylic acids is 2. The number of hydrogen-bond acceptors (Lipinski definition) is 5. The van der Waals surface area contributed by atoms with Gasteiger partial charge in [-0.05, 0) is 6.92 Å². The molecule has 0 aliphatic heterocycles. The van der Waals surface area contributed by atoms with Crippen molar-refractivity contribution in [3.8, 4) is 11.3 Å². The zero-order valence-electron chi connectivity index (χ0n) is 10.4. The molecule has 0 radical (unpaired) electrons. The summed E-state index contributed by atoms with van der Waals surface area (Å²) in [5.41, 5.74) is 1.77. The Balaban J connectivity index is 2.21. The topological polar surface area (TPSA) is 74.1 Å². The Labute approximate surface area is 110 Å². The molecule has 0 N–H and O–H groups in total. The highest BCUT2D eigenvalue weighted by molar-refractivity contribution is 5.86. The molecule has 0 atom stereocenters. The molecule has 6 nitrogen and oxygen atoms in total. The lowest BCUT2D eigenvalue weighted by Crippen LogP contribution is -2.13. The van der Waals surface area contributed by atoms with Crippen molar-refractivity contribution in [2.24, 2.45) is 0 Å². The monoisotopic (exact) mass is 259 g/mol. The predicted molar refractivity (Wildman–Crippen MR) is 67.5 cm³/mol. The van der Waals surface area contributed by atoms with E-state index in [1.165, 1.54) is 4.68 Å². The quantitative estimate of drug-likeness (QED) is 0.598. The minimum Gasteiger partial charge on any atom is -0.465 e. The molecule has 0 bridgehead atoms. The van der Waals surface area contributed by atoms with Crippen LogP contribution in [0, 0.1) is 0 Å². The molecule has 0 saturated carbocycles. The van der Waals surface area contributed by atoms with E-state index in [9.17, 15) is 9.59 Å². The number of hydrogen-bond donors (Lipinski definition) is 0. The minimum absolute atomic E-state index is 0.00406. The van der Waals surface area contributed by atoms with Crippen LogP contribution in [0.25, 0.3) is 11.3 Å². The van der Waals surface area contributed by atoms with Crippen molar-refractivity contribution in [3.63, 3.8) is 0 Å². The van der Waals surface area contributed by atoms with Crippen LogP contribution in [0.2, 0.25) is 0 Å². The van der Waals surface area contributed by atoms with Crippen molar-refractivity contribution in [2.75, 3.05) is 6.61 Å². The number of benzene rings is 1. The molecular weight excluding hydrogens is 246 g/mol. The number of aromatic nitrogens is 3. The van der Waals surface area contributed by atoms with Gasteiger partial charge in [-0.25, -0.2) is 4.68 Å². The van der Waals surface area contributed by atoms with E-state index < -0.39 is 0 Å². The first-order valence-electron chi connectivity index (χ1n) is 5.85. The van der Waals surface area contributed by atoms with E-state index in [4.69, 9.17) is 4.74 Å². The number of esters is 1. The molecule has 0 spiro atoms. The molecule has 98 valence electrons. The van der Waals surface area contributed by atoms with Gasteiger partial charge < -0.3 is 4.74 Å². The minimum atomic E-state index is -0.373. The van der Waals surface area contributed by atoms with Crippen LogP contribution in [-0.4, -0.2) is 33.9 Å². The Hall–Kier alpha value is -2.50. The van der Waals surface area contributed by atoms with Crippen LogP contribution < -0.4 is 0 Å². The Morgan fingerprint density at radius 3 is 2.95 bits per heavy atom. The Bertz CT molecular complexity index is 592. The largest absolute Gasteiger partial charge is 0.465 e. The lowest BCUT2D eigenvalue weighted by molar-refractivity contribution is -0.144. The highest BCUT2D eigenvalue weighted by Crippen LogP contribution is 2.19. The number of rotatable bonds is 5. The smallest absolute Gasteiger partial charge is 0.327 e. The first kappa shape index (κ1) is 12.9. The third-order valence-electron chi connectivity index (χ3n) is 2.50. The average molecular weight is 259 g/mol. The Morgan fingerprint density at radius 2 is 2.21 bits per heavy atom. The van der Waals surface area contributed by atoms with Crippen molar-refractivity contribution in [2.45, 2.75) is 13.5 Å². The van der Waals surface area contributed by atoms with Gasteiger partial charge >= 0.3 is 5.97 Å². The Kier molecular flexibility index (Phi) is 4.02. The van der Waals surface area contributed by atoms with Crippen LogP contribution in [0.1, 0.15) is 17.3 Å². The fraction of sp³-hybridized carbons (Fsp3) is 0.231. The summed E-state index contributed by atoms with van der Waals surface area (Å²) < 4.78 is 6.21. The molecule has 6 heteroatoms. The maximum Gasteiger partial charge on any atom is 0.327 e. The highest BCUT2D eigenvalue weighted by Gasteiger charge is 2.10. The first-order valence-corrected chi connectivity index (χ1v) is 5.85. The SMILES string of the molecule is CCOC(=O)Cn1cc(-c2ccccc2C=O)nn1. The fourth-order valence-electron chi connectivity index (χ4n) is 1.67. The standard InChI is InChI=1S/C13H13N3O3/c1-2-19-13(18)8-16-7-12(14-15-16)11-6-4-3-5-10(11)9-17/h3-7,9H,2,8H2,1H3. The van der Waals surface area contributed by atoms with Crippen molar-refractivity contribution < 1.29 is 14.3 Å². The first-order chi connectivity index (χ1) is 9.24. The van der Waals surface area contributed by atoms with E-state index in [-0.39, 0.29) is 12.5 Å². The second-order valence-corrected chi connectivity index (χ2v) is 3.81. The molecular formula is C13H13N3O3. The summed E-state index contributed by atoms with van der Waals surface area (Å²) in [6.07, 6.45) is 2.37. The van der Waals surface area contributed by atoms with Gasteiger partial charge in [0, 0.05) is 11.1 Å². The molecule has 1 aromatic carbocycles. The van der Waals surface area contributed by atoms with E-state index in [0.717, 1.165) is 6.29 Å². The molecule has 0 fully saturated rings. The van der Waals surface area contributed by atoms with Gasteiger partial charge in [0.15, 0.2) is 6.29 Å². The maximum absolute atomic E-state index is 11.3. The lowest BCUT2D eigenvalue weighted by Gasteiger charge is -2.00. The molecule has 0 unspecified atom stereocenters. The van der Waals surface area contributed by atoms with Crippen LogP contribution in [0.3, 0.4) is 0 Å². The van der Waals surface area contributed by atoms with Gasteiger partial charge in [-0.1, -0.05) is 29.5 Å². The number of nitrogens with zero attached hydrogens (tertiary/aromatic N) is 3. The van der Waals surface area contributed by atoms with E-state index in [0.29, 0.717) is 23.4 Å². The third kappa shape index (κ3) is 3.04. The summed E-state index contributed by atoms with van der Waals surface area (Å²) in [6, 6.07) is 7.07. The summed E-state index contributed by atoms with van der Waals surface area (Å²) >= 11 is 0. The van der Waals surface area contributed by atoms with Gasteiger partial charge in [-0.3, -0.25) is 9.59 Å². The molecule has 2 rings (SSSR count). The summed E-state index contributed by atoms with van der Waals surface area (Å²) in [6.45, 7) is 2.07.